The number of hydrogen-bond acceptors (Lipinski definition) is 5. The van der Waals surface area contributed by atoms with Crippen LogP contribution in [-0.2, 0) is 27.8 Å². The Morgan fingerprint density at radius 2 is 2.15 bits per heavy atom. The molecule has 1 atom stereocenters. The molecule has 2 rings (SSSR count). The molecule has 1 heterocycles. The summed E-state index contributed by atoms with van der Waals surface area (Å²) in [5, 5.41) is 20.5. The smallest absolute Gasteiger partial charge is 0.321 e. The van der Waals surface area contributed by atoms with Gasteiger partial charge in [-0.05, 0) is 29.7 Å². The molecule has 1 unspecified atom stereocenters. The van der Waals surface area contributed by atoms with Crippen molar-refractivity contribution in [3.63, 3.8) is 0 Å². The van der Waals surface area contributed by atoms with Gasteiger partial charge in [-0.15, -0.1) is 0 Å². The van der Waals surface area contributed by atoms with E-state index in [0.29, 0.717) is 13.0 Å². The van der Waals surface area contributed by atoms with Gasteiger partial charge in [0.25, 0.3) is 0 Å². The summed E-state index contributed by atoms with van der Waals surface area (Å²) >= 11 is 0. The van der Waals surface area contributed by atoms with Gasteiger partial charge in [0, 0.05) is 13.1 Å². The molecule has 0 saturated heterocycles. The molecular formula is C12H16N2O5S. The molecule has 0 radical (unpaired) electrons. The van der Waals surface area contributed by atoms with Crippen LogP contribution in [0.25, 0.3) is 0 Å². The molecule has 1 aliphatic rings. The Bertz CT molecular complexity index is 614. The maximum absolute atomic E-state index is 11.9. The van der Waals surface area contributed by atoms with Crippen LogP contribution in [0.1, 0.15) is 11.1 Å². The number of rotatable bonds is 5. The number of benzene rings is 1. The van der Waals surface area contributed by atoms with Crippen molar-refractivity contribution in [1.29, 1.82) is 0 Å². The SMILES string of the molecule is O=C(O)C1Cc2ccc(S(=O)(=O)NCCO)cc2CN1. The molecular weight excluding hydrogens is 284 g/mol. The predicted octanol–water partition coefficient (Wildman–Crippen LogP) is -0.944. The third-order valence-electron chi connectivity index (χ3n) is 3.15. The van der Waals surface area contributed by atoms with Crippen molar-refractivity contribution in [3.05, 3.63) is 29.3 Å². The molecule has 0 fully saturated rings. The first-order valence-corrected chi connectivity index (χ1v) is 7.61. The molecule has 8 heteroatoms. The van der Waals surface area contributed by atoms with Gasteiger partial charge in [-0.2, -0.15) is 0 Å². The molecule has 0 aliphatic carbocycles. The third kappa shape index (κ3) is 3.15. The van der Waals surface area contributed by atoms with Gasteiger partial charge in [-0.25, -0.2) is 13.1 Å². The lowest BCUT2D eigenvalue weighted by Crippen LogP contribution is -2.41. The molecule has 0 spiro atoms. The van der Waals surface area contributed by atoms with Gasteiger partial charge in [0.2, 0.25) is 10.0 Å². The van der Waals surface area contributed by atoms with Gasteiger partial charge >= 0.3 is 5.97 Å². The van der Waals surface area contributed by atoms with E-state index in [4.69, 9.17) is 10.2 Å². The van der Waals surface area contributed by atoms with Crippen LogP contribution in [0.4, 0.5) is 0 Å². The van der Waals surface area contributed by atoms with Crippen molar-refractivity contribution in [2.24, 2.45) is 0 Å². The number of fused-ring (bicyclic) bond motifs is 1. The molecule has 0 saturated carbocycles. The van der Waals surface area contributed by atoms with Crippen LogP contribution in [-0.4, -0.2) is 43.8 Å². The zero-order chi connectivity index (χ0) is 14.8. The Labute approximate surface area is 116 Å². The number of aliphatic hydroxyl groups excluding tert-OH is 1. The number of carboxylic acid groups (broad SMARTS) is 1. The topological polar surface area (TPSA) is 116 Å². The summed E-state index contributed by atoms with van der Waals surface area (Å²) in [6.07, 6.45) is 0.328. The fraction of sp³-hybridized carbons (Fsp3) is 0.417. The van der Waals surface area contributed by atoms with Crippen LogP contribution in [0.15, 0.2) is 23.1 Å². The Morgan fingerprint density at radius 1 is 1.40 bits per heavy atom. The van der Waals surface area contributed by atoms with Gasteiger partial charge < -0.3 is 15.5 Å². The lowest BCUT2D eigenvalue weighted by molar-refractivity contribution is -0.139. The van der Waals surface area contributed by atoms with Crippen LogP contribution in [0.3, 0.4) is 0 Å². The van der Waals surface area contributed by atoms with Gasteiger partial charge in [0.05, 0.1) is 11.5 Å². The van der Waals surface area contributed by atoms with Crippen LogP contribution >= 0.6 is 0 Å². The highest BCUT2D eigenvalue weighted by atomic mass is 32.2. The summed E-state index contributed by atoms with van der Waals surface area (Å²) in [6, 6.07) is 3.97. The number of hydrogen-bond donors (Lipinski definition) is 4. The minimum Gasteiger partial charge on any atom is -0.480 e. The van der Waals surface area contributed by atoms with Crippen molar-refractivity contribution < 1.29 is 23.4 Å². The third-order valence-corrected chi connectivity index (χ3v) is 4.61. The second-order valence-electron chi connectivity index (χ2n) is 4.53. The monoisotopic (exact) mass is 300 g/mol. The van der Waals surface area contributed by atoms with Gasteiger partial charge in [-0.3, -0.25) is 4.79 Å². The summed E-state index contributed by atoms with van der Waals surface area (Å²) in [5.41, 5.74) is 1.60. The number of sulfonamides is 1. The van der Waals surface area contributed by atoms with E-state index >= 15 is 0 Å². The lowest BCUT2D eigenvalue weighted by Gasteiger charge is -2.23. The highest BCUT2D eigenvalue weighted by Gasteiger charge is 2.25. The molecule has 1 aromatic rings. The number of nitrogens with one attached hydrogen (secondary N) is 2. The largest absolute Gasteiger partial charge is 0.480 e. The zero-order valence-corrected chi connectivity index (χ0v) is 11.5. The molecule has 0 amide bonds. The average molecular weight is 300 g/mol. The summed E-state index contributed by atoms with van der Waals surface area (Å²) in [5.74, 6) is -0.919. The van der Waals surface area contributed by atoms with E-state index in [0.717, 1.165) is 11.1 Å². The van der Waals surface area contributed by atoms with Gasteiger partial charge in [0.1, 0.15) is 6.04 Å². The van der Waals surface area contributed by atoms with Crippen LogP contribution in [0.5, 0.6) is 0 Å². The van der Waals surface area contributed by atoms with Crippen molar-refractivity contribution in [2.75, 3.05) is 13.2 Å². The summed E-state index contributed by atoms with van der Waals surface area (Å²) in [7, 11) is -3.64. The van der Waals surface area contributed by atoms with Crippen molar-refractivity contribution in [1.82, 2.24) is 10.0 Å². The predicted molar refractivity (Wildman–Crippen MR) is 70.7 cm³/mol. The van der Waals surface area contributed by atoms with E-state index in [1.807, 2.05) is 0 Å². The first-order valence-electron chi connectivity index (χ1n) is 6.12. The number of aliphatic carboxylic acids is 1. The van der Waals surface area contributed by atoms with E-state index < -0.39 is 22.0 Å². The second kappa shape index (κ2) is 5.88. The lowest BCUT2D eigenvalue weighted by atomic mass is 9.96. The maximum Gasteiger partial charge on any atom is 0.321 e. The summed E-state index contributed by atoms with van der Waals surface area (Å²) in [6.45, 7) is 0.000431. The van der Waals surface area contributed by atoms with E-state index in [1.54, 1.807) is 6.07 Å². The highest BCUT2D eigenvalue weighted by molar-refractivity contribution is 7.89. The Hall–Kier alpha value is -1.48. The first kappa shape index (κ1) is 14.9. The summed E-state index contributed by atoms with van der Waals surface area (Å²) < 4.78 is 26.1. The average Bonchev–Trinajstić information content (AvgIpc) is 2.44. The number of carbonyl (C=O) groups is 1. The Balaban J connectivity index is 2.24. The van der Waals surface area contributed by atoms with E-state index in [-0.39, 0.29) is 18.0 Å². The number of carboxylic acids is 1. The van der Waals surface area contributed by atoms with E-state index in [2.05, 4.69) is 10.0 Å². The fourth-order valence-corrected chi connectivity index (χ4v) is 3.17. The minimum absolute atomic E-state index is 0.0429. The van der Waals surface area contributed by atoms with Crippen LogP contribution in [0.2, 0.25) is 0 Å². The molecule has 20 heavy (non-hydrogen) atoms. The minimum atomic E-state index is -3.64. The van der Waals surface area contributed by atoms with Crippen molar-refractivity contribution >= 4 is 16.0 Å². The zero-order valence-electron chi connectivity index (χ0n) is 10.7. The standard InChI is InChI=1S/C12H16N2O5S/c15-4-3-14-20(18,19)10-2-1-8-6-11(12(16)17)13-7-9(8)5-10/h1-2,5,11,13-15H,3-4,6-7H2,(H,16,17). The van der Waals surface area contributed by atoms with Crippen molar-refractivity contribution in [3.8, 4) is 0 Å². The first-order chi connectivity index (χ1) is 9.44. The van der Waals surface area contributed by atoms with Crippen molar-refractivity contribution in [2.45, 2.75) is 23.9 Å². The molecule has 1 aromatic carbocycles. The van der Waals surface area contributed by atoms with E-state index in [1.165, 1.54) is 12.1 Å². The second-order valence-corrected chi connectivity index (χ2v) is 6.29. The Morgan fingerprint density at radius 3 is 2.80 bits per heavy atom. The van der Waals surface area contributed by atoms with Gasteiger partial charge in [0.15, 0.2) is 0 Å². The number of aliphatic hydroxyl groups is 1. The fourth-order valence-electron chi connectivity index (χ4n) is 2.10. The Kier molecular flexibility index (Phi) is 4.39. The molecule has 0 aromatic heterocycles. The normalized spacial score (nSPS) is 18.6. The quantitative estimate of drug-likeness (QED) is 0.557. The molecule has 1 aliphatic heterocycles. The van der Waals surface area contributed by atoms with Crippen LogP contribution < -0.4 is 10.0 Å². The van der Waals surface area contributed by atoms with E-state index in [9.17, 15) is 13.2 Å². The van der Waals surface area contributed by atoms with Gasteiger partial charge in [-0.1, -0.05) is 6.07 Å². The molecule has 110 valence electrons. The molecule has 7 nitrogen and oxygen atoms in total. The maximum atomic E-state index is 11.9. The molecule has 0 bridgehead atoms. The molecule has 4 N–H and O–H groups in total. The highest BCUT2D eigenvalue weighted by Crippen LogP contribution is 2.21. The summed E-state index contributed by atoms with van der Waals surface area (Å²) in [4.78, 5) is 11.0. The van der Waals surface area contributed by atoms with Crippen LogP contribution in [0, 0.1) is 0 Å².